The molecule has 1 unspecified atom stereocenters. The van der Waals surface area contributed by atoms with Gasteiger partial charge in [-0.05, 0) is 43.7 Å². The Morgan fingerprint density at radius 1 is 1.32 bits per heavy atom. The molecule has 0 fully saturated rings. The molecule has 130 valence electrons. The largest absolute Gasteiger partial charge is 0.466 e. The number of rotatable bonds is 5. The quantitative estimate of drug-likeness (QED) is 0.657. The van der Waals surface area contributed by atoms with Crippen LogP contribution in [0.3, 0.4) is 0 Å². The van der Waals surface area contributed by atoms with Gasteiger partial charge in [0.15, 0.2) is 0 Å². The van der Waals surface area contributed by atoms with Crippen molar-refractivity contribution in [1.29, 1.82) is 0 Å². The maximum Gasteiger partial charge on any atom is 0.319 e. The lowest BCUT2D eigenvalue weighted by Crippen LogP contribution is -2.40. The number of carbonyl (C=O) groups is 1. The average molecular weight is 342 g/mol. The number of carbonyl (C=O) groups excluding carboxylic acids is 1. The third-order valence-corrected chi connectivity index (χ3v) is 3.74. The molecule has 8 nitrogen and oxygen atoms in total. The third-order valence-electron chi connectivity index (χ3n) is 3.74. The van der Waals surface area contributed by atoms with Gasteiger partial charge in [0, 0.05) is 11.3 Å². The molecule has 1 aromatic carbocycles. The summed E-state index contributed by atoms with van der Waals surface area (Å²) in [6.07, 6.45) is 2.71. The van der Waals surface area contributed by atoms with Crippen molar-refractivity contribution in [3.05, 3.63) is 54.3 Å². The number of nitrogens with one attached hydrogen (secondary N) is 2. The van der Waals surface area contributed by atoms with Gasteiger partial charge in [0.05, 0.1) is 12.8 Å². The summed E-state index contributed by atoms with van der Waals surface area (Å²) in [4.78, 5) is 12.2. The molecule has 0 aliphatic rings. The van der Waals surface area contributed by atoms with Gasteiger partial charge in [-0.2, -0.15) is 0 Å². The van der Waals surface area contributed by atoms with E-state index in [1.165, 1.54) is 12.7 Å². The lowest BCUT2D eigenvalue weighted by molar-refractivity contribution is 0.0372. The number of aryl methyl sites for hydroxylation is 1. The van der Waals surface area contributed by atoms with E-state index in [0.29, 0.717) is 22.9 Å². The van der Waals surface area contributed by atoms with Crippen LogP contribution < -0.4 is 10.6 Å². The van der Waals surface area contributed by atoms with Crippen molar-refractivity contribution in [2.45, 2.75) is 19.4 Å². The van der Waals surface area contributed by atoms with E-state index in [1.807, 2.05) is 19.1 Å². The minimum Gasteiger partial charge on any atom is -0.466 e. The van der Waals surface area contributed by atoms with E-state index in [0.717, 1.165) is 5.56 Å². The van der Waals surface area contributed by atoms with E-state index < -0.39 is 11.6 Å². The molecule has 3 aromatic rings. The van der Waals surface area contributed by atoms with Crippen LogP contribution in [-0.4, -0.2) is 27.9 Å². The summed E-state index contributed by atoms with van der Waals surface area (Å²) in [6.45, 7) is 3.43. The topological polar surface area (TPSA) is 113 Å². The molecular formula is C17H18N4O4. The van der Waals surface area contributed by atoms with Gasteiger partial charge >= 0.3 is 6.03 Å². The zero-order chi connectivity index (χ0) is 17.9. The molecule has 1 atom stereocenters. The van der Waals surface area contributed by atoms with Crippen LogP contribution >= 0.6 is 0 Å². The van der Waals surface area contributed by atoms with Gasteiger partial charge in [-0.15, -0.1) is 10.2 Å². The van der Waals surface area contributed by atoms with Crippen molar-refractivity contribution >= 4 is 11.7 Å². The summed E-state index contributed by atoms with van der Waals surface area (Å²) in [6, 6.07) is 8.29. The van der Waals surface area contributed by atoms with Crippen molar-refractivity contribution in [3.63, 3.8) is 0 Å². The molecule has 8 heteroatoms. The lowest BCUT2D eigenvalue weighted by Gasteiger charge is -2.21. The molecule has 25 heavy (non-hydrogen) atoms. The van der Waals surface area contributed by atoms with Gasteiger partial charge in [0.25, 0.3) is 0 Å². The summed E-state index contributed by atoms with van der Waals surface area (Å²) in [5.74, 6) is 0.742. The first-order chi connectivity index (χ1) is 12.0. The highest BCUT2D eigenvalue weighted by Gasteiger charge is 2.26. The molecule has 0 aliphatic heterocycles. The average Bonchev–Trinajstić information content (AvgIpc) is 3.29. The number of hydrogen-bond acceptors (Lipinski definition) is 6. The number of urea groups is 1. The maximum absolute atomic E-state index is 12.2. The number of furan rings is 1. The van der Waals surface area contributed by atoms with Crippen molar-refractivity contribution in [1.82, 2.24) is 15.5 Å². The highest BCUT2D eigenvalue weighted by atomic mass is 16.4. The Kier molecular flexibility index (Phi) is 4.53. The molecule has 3 rings (SSSR count). The van der Waals surface area contributed by atoms with Crippen LogP contribution in [0.15, 0.2) is 51.8 Å². The highest BCUT2D eigenvalue weighted by Crippen LogP contribution is 2.24. The van der Waals surface area contributed by atoms with Crippen LogP contribution in [0, 0.1) is 6.92 Å². The van der Waals surface area contributed by atoms with Crippen LogP contribution in [-0.2, 0) is 5.60 Å². The molecule has 0 radical (unpaired) electrons. The second kappa shape index (κ2) is 6.78. The minimum absolute atomic E-state index is 0.00521. The fraction of sp³-hybridized carbons (Fsp3) is 0.235. The number of aliphatic hydroxyl groups is 1. The summed E-state index contributed by atoms with van der Waals surface area (Å²) < 4.78 is 10.3. The molecule has 3 N–H and O–H groups in total. The zero-order valence-electron chi connectivity index (χ0n) is 13.8. The first kappa shape index (κ1) is 16.7. The summed E-state index contributed by atoms with van der Waals surface area (Å²) in [7, 11) is 0. The van der Waals surface area contributed by atoms with Gasteiger partial charge in [-0.3, -0.25) is 0 Å². The van der Waals surface area contributed by atoms with E-state index in [-0.39, 0.29) is 6.54 Å². The molecule has 2 heterocycles. The molecule has 0 bridgehead atoms. The first-order valence-electron chi connectivity index (χ1n) is 7.64. The molecule has 2 aromatic heterocycles. The van der Waals surface area contributed by atoms with Crippen molar-refractivity contribution in [2.24, 2.45) is 0 Å². The Morgan fingerprint density at radius 3 is 2.84 bits per heavy atom. The van der Waals surface area contributed by atoms with E-state index in [4.69, 9.17) is 8.83 Å². The van der Waals surface area contributed by atoms with Crippen LogP contribution in [0.2, 0.25) is 0 Å². The fourth-order valence-corrected chi connectivity index (χ4v) is 2.28. The Balaban J connectivity index is 1.66. The van der Waals surface area contributed by atoms with E-state index in [9.17, 15) is 9.90 Å². The van der Waals surface area contributed by atoms with Gasteiger partial charge in [0.1, 0.15) is 11.4 Å². The summed E-state index contributed by atoms with van der Waals surface area (Å²) in [5, 5.41) is 23.2. The van der Waals surface area contributed by atoms with Crippen LogP contribution in [0.1, 0.15) is 18.2 Å². The number of benzene rings is 1. The molecule has 0 spiro atoms. The number of aromatic nitrogens is 2. The predicted octanol–water partition coefficient (Wildman–Crippen LogP) is 2.67. The molecule has 0 saturated carbocycles. The Morgan fingerprint density at radius 2 is 2.16 bits per heavy atom. The maximum atomic E-state index is 12.2. The first-order valence-corrected chi connectivity index (χ1v) is 7.64. The third kappa shape index (κ3) is 3.86. The molecule has 2 amide bonds. The van der Waals surface area contributed by atoms with Crippen LogP contribution in [0.4, 0.5) is 10.5 Å². The Hall–Kier alpha value is -3.13. The number of anilines is 1. The van der Waals surface area contributed by atoms with E-state index >= 15 is 0 Å². The lowest BCUT2D eigenvalue weighted by atomic mass is 10.0. The summed E-state index contributed by atoms with van der Waals surface area (Å²) >= 11 is 0. The smallest absolute Gasteiger partial charge is 0.319 e. The molecule has 0 saturated heterocycles. The van der Waals surface area contributed by atoms with Crippen molar-refractivity contribution in [3.8, 4) is 11.5 Å². The normalized spacial score (nSPS) is 13.2. The SMILES string of the molecule is Cc1ccc(-c2nnco2)cc1NC(=O)NCC(C)(O)c1ccco1. The van der Waals surface area contributed by atoms with Crippen LogP contribution in [0.25, 0.3) is 11.5 Å². The van der Waals surface area contributed by atoms with Crippen molar-refractivity contribution in [2.75, 3.05) is 11.9 Å². The predicted molar refractivity (Wildman–Crippen MR) is 89.8 cm³/mol. The molecule has 0 aliphatic carbocycles. The summed E-state index contributed by atoms with van der Waals surface area (Å²) in [5.41, 5.74) is 0.865. The standard InChI is InChI=1S/C17H18N4O4/c1-11-5-6-12(15-21-19-10-25-15)8-13(11)20-16(22)18-9-17(2,23)14-4-3-7-24-14/h3-8,10,23H,9H2,1-2H3,(H2,18,20,22). The highest BCUT2D eigenvalue weighted by molar-refractivity contribution is 5.90. The van der Waals surface area contributed by atoms with Crippen molar-refractivity contribution < 1.29 is 18.7 Å². The fourth-order valence-electron chi connectivity index (χ4n) is 2.28. The van der Waals surface area contributed by atoms with Gasteiger partial charge in [0.2, 0.25) is 12.3 Å². The number of nitrogens with zero attached hydrogens (tertiary/aromatic N) is 2. The Bertz CT molecular complexity index is 842. The number of amides is 2. The number of hydrogen-bond donors (Lipinski definition) is 3. The van der Waals surface area contributed by atoms with Gasteiger partial charge in [-0.25, -0.2) is 4.79 Å². The molecular weight excluding hydrogens is 324 g/mol. The van der Waals surface area contributed by atoms with Gasteiger partial charge in [-0.1, -0.05) is 6.07 Å². The zero-order valence-corrected chi connectivity index (χ0v) is 13.8. The second-order valence-electron chi connectivity index (χ2n) is 5.83. The van der Waals surface area contributed by atoms with E-state index in [2.05, 4.69) is 20.8 Å². The van der Waals surface area contributed by atoms with E-state index in [1.54, 1.807) is 25.1 Å². The Labute approximate surface area is 143 Å². The van der Waals surface area contributed by atoms with Gasteiger partial charge < -0.3 is 24.6 Å². The minimum atomic E-state index is -1.30. The monoisotopic (exact) mass is 342 g/mol. The van der Waals surface area contributed by atoms with Crippen LogP contribution in [0.5, 0.6) is 0 Å². The second-order valence-corrected chi connectivity index (χ2v) is 5.83.